The molecule has 0 saturated heterocycles. The van der Waals surface area contributed by atoms with Crippen LogP contribution in [0.1, 0.15) is 12.6 Å². The second-order valence-electron chi connectivity index (χ2n) is 4.12. The van der Waals surface area contributed by atoms with Crippen molar-refractivity contribution in [3.05, 3.63) is 30.1 Å². The Morgan fingerprint density at radius 2 is 2.11 bits per heavy atom. The van der Waals surface area contributed by atoms with E-state index in [2.05, 4.69) is 4.98 Å². The fourth-order valence-electron chi connectivity index (χ4n) is 1.56. The second-order valence-corrected chi connectivity index (χ2v) is 4.12. The molecule has 1 aromatic rings. The number of aliphatic carboxylic acids is 2. The standard InChI is InChI=1S/C12H16N2O4/c1-9(12(17)18)6-14(8-11(15)16)7-10-4-2-3-5-13-10/h2-5,9H,6-8H2,1H3,(H,15,16)(H,17,18). The third kappa shape index (κ3) is 4.92. The van der Waals surface area contributed by atoms with Gasteiger partial charge in [0, 0.05) is 19.3 Å². The van der Waals surface area contributed by atoms with Gasteiger partial charge in [-0.1, -0.05) is 13.0 Å². The van der Waals surface area contributed by atoms with Crippen molar-refractivity contribution in [2.24, 2.45) is 5.92 Å². The van der Waals surface area contributed by atoms with Gasteiger partial charge in [-0.15, -0.1) is 0 Å². The number of nitrogens with zero attached hydrogens (tertiary/aromatic N) is 2. The first-order valence-corrected chi connectivity index (χ1v) is 5.56. The molecule has 0 fully saturated rings. The first kappa shape index (κ1) is 14.1. The Morgan fingerprint density at radius 3 is 2.61 bits per heavy atom. The molecule has 0 aliphatic rings. The number of carboxylic acid groups (broad SMARTS) is 2. The zero-order chi connectivity index (χ0) is 13.5. The number of hydrogen-bond acceptors (Lipinski definition) is 4. The second kappa shape index (κ2) is 6.70. The van der Waals surface area contributed by atoms with Crippen molar-refractivity contribution in [1.82, 2.24) is 9.88 Å². The van der Waals surface area contributed by atoms with E-state index < -0.39 is 17.9 Å². The Kier molecular flexibility index (Phi) is 5.26. The fraction of sp³-hybridized carbons (Fsp3) is 0.417. The van der Waals surface area contributed by atoms with Gasteiger partial charge in [0.2, 0.25) is 0 Å². The molecule has 0 bridgehead atoms. The summed E-state index contributed by atoms with van der Waals surface area (Å²) in [6.07, 6.45) is 1.62. The lowest BCUT2D eigenvalue weighted by molar-refractivity contribution is -0.144. The van der Waals surface area contributed by atoms with Crippen molar-refractivity contribution in [2.45, 2.75) is 13.5 Å². The van der Waals surface area contributed by atoms with E-state index in [1.165, 1.54) is 0 Å². The van der Waals surface area contributed by atoms with Crippen LogP contribution in [0.15, 0.2) is 24.4 Å². The number of aromatic nitrogens is 1. The van der Waals surface area contributed by atoms with Crippen molar-refractivity contribution in [1.29, 1.82) is 0 Å². The Balaban J connectivity index is 2.66. The van der Waals surface area contributed by atoms with Crippen molar-refractivity contribution in [2.75, 3.05) is 13.1 Å². The number of pyridine rings is 1. The Bertz CT molecular complexity index is 408. The molecule has 2 N–H and O–H groups in total. The molecule has 6 nitrogen and oxygen atoms in total. The highest BCUT2D eigenvalue weighted by Crippen LogP contribution is 2.05. The molecule has 0 aliphatic carbocycles. The summed E-state index contributed by atoms with van der Waals surface area (Å²) in [5, 5.41) is 17.6. The molecule has 0 spiro atoms. The smallest absolute Gasteiger partial charge is 0.317 e. The summed E-state index contributed by atoms with van der Waals surface area (Å²) in [5.74, 6) is -2.54. The maximum absolute atomic E-state index is 10.8. The highest BCUT2D eigenvalue weighted by atomic mass is 16.4. The van der Waals surface area contributed by atoms with E-state index in [0.29, 0.717) is 6.54 Å². The van der Waals surface area contributed by atoms with Crippen molar-refractivity contribution >= 4 is 11.9 Å². The Morgan fingerprint density at radius 1 is 1.39 bits per heavy atom. The molecule has 0 aromatic carbocycles. The lowest BCUT2D eigenvalue weighted by Gasteiger charge is -2.21. The van der Waals surface area contributed by atoms with Gasteiger partial charge in [-0.25, -0.2) is 0 Å². The first-order valence-electron chi connectivity index (χ1n) is 5.56. The van der Waals surface area contributed by atoms with Crippen molar-refractivity contribution in [3.8, 4) is 0 Å². The van der Waals surface area contributed by atoms with Gasteiger partial charge in [0.15, 0.2) is 0 Å². The summed E-state index contributed by atoms with van der Waals surface area (Å²) < 4.78 is 0. The predicted octanol–water partition coefficient (Wildman–Crippen LogP) is 0.689. The molecule has 1 aromatic heterocycles. The average Bonchev–Trinajstić information content (AvgIpc) is 2.29. The maximum atomic E-state index is 10.8. The minimum atomic E-state index is -0.983. The van der Waals surface area contributed by atoms with Crippen LogP contribution in [0.25, 0.3) is 0 Å². The summed E-state index contributed by atoms with van der Waals surface area (Å²) in [4.78, 5) is 27.2. The Hall–Kier alpha value is -1.95. The third-order valence-corrected chi connectivity index (χ3v) is 2.42. The average molecular weight is 252 g/mol. The number of rotatable bonds is 7. The number of hydrogen-bond donors (Lipinski definition) is 2. The molecule has 0 amide bonds. The quantitative estimate of drug-likeness (QED) is 0.742. The van der Waals surface area contributed by atoms with E-state index in [9.17, 15) is 9.59 Å². The molecule has 1 unspecified atom stereocenters. The topological polar surface area (TPSA) is 90.7 Å². The molecule has 0 radical (unpaired) electrons. The highest BCUT2D eigenvalue weighted by Gasteiger charge is 2.18. The molecule has 1 heterocycles. The van der Waals surface area contributed by atoms with E-state index in [1.54, 1.807) is 30.2 Å². The first-order chi connectivity index (χ1) is 8.49. The third-order valence-electron chi connectivity index (χ3n) is 2.42. The monoisotopic (exact) mass is 252 g/mol. The van der Waals surface area contributed by atoms with E-state index in [0.717, 1.165) is 5.69 Å². The SMILES string of the molecule is CC(CN(CC(=O)O)Cc1ccccn1)C(=O)O. The van der Waals surface area contributed by atoms with E-state index >= 15 is 0 Å². The number of carbonyl (C=O) groups is 2. The van der Waals surface area contributed by atoms with Crippen molar-refractivity contribution in [3.63, 3.8) is 0 Å². The summed E-state index contributed by atoms with van der Waals surface area (Å²) >= 11 is 0. The van der Waals surface area contributed by atoms with Gasteiger partial charge < -0.3 is 10.2 Å². The minimum Gasteiger partial charge on any atom is -0.481 e. The summed E-state index contributed by atoms with van der Waals surface area (Å²) in [6.45, 7) is 1.85. The predicted molar refractivity (Wildman–Crippen MR) is 63.9 cm³/mol. The van der Waals surface area contributed by atoms with Crippen molar-refractivity contribution < 1.29 is 19.8 Å². The molecule has 18 heavy (non-hydrogen) atoms. The molecular formula is C12H16N2O4. The molecule has 0 aliphatic heterocycles. The summed E-state index contributed by atoms with van der Waals surface area (Å²) in [6, 6.07) is 5.35. The highest BCUT2D eigenvalue weighted by molar-refractivity contribution is 5.71. The van der Waals surface area contributed by atoms with Gasteiger partial charge >= 0.3 is 11.9 Å². The van der Waals surface area contributed by atoms with Crippen LogP contribution in [0.4, 0.5) is 0 Å². The molecular weight excluding hydrogens is 236 g/mol. The maximum Gasteiger partial charge on any atom is 0.317 e. The van der Waals surface area contributed by atoms with E-state index in [4.69, 9.17) is 10.2 Å². The molecule has 0 saturated carbocycles. The number of carboxylic acids is 2. The van der Waals surface area contributed by atoms with E-state index in [1.807, 2.05) is 6.07 Å². The molecule has 1 atom stereocenters. The summed E-state index contributed by atoms with van der Waals surface area (Å²) in [7, 11) is 0. The normalized spacial score (nSPS) is 12.3. The minimum absolute atomic E-state index is 0.179. The lowest BCUT2D eigenvalue weighted by Crippen LogP contribution is -2.35. The molecule has 1 rings (SSSR count). The fourth-order valence-corrected chi connectivity index (χ4v) is 1.56. The van der Waals surface area contributed by atoms with Crippen LogP contribution in [-0.4, -0.2) is 45.1 Å². The summed E-state index contributed by atoms with van der Waals surface area (Å²) in [5.41, 5.74) is 0.719. The zero-order valence-electron chi connectivity index (χ0n) is 10.1. The van der Waals surface area contributed by atoms with Gasteiger partial charge in [0.05, 0.1) is 18.2 Å². The van der Waals surface area contributed by atoms with Gasteiger partial charge in [-0.05, 0) is 12.1 Å². The van der Waals surface area contributed by atoms with Crippen LogP contribution >= 0.6 is 0 Å². The largest absolute Gasteiger partial charge is 0.481 e. The van der Waals surface area contributed by atoms with E-state index in [-0.39, 0.29) is 13.1 Å². The molecule has 98 valence electrons. The van der Waals surface area contributed by atoms with Gasteiger partial charge in [0.1, 0.15) is 0 Å². The van der Waals surface area contributed by atoms with Crippen LogP contribution in [-0.2, 0) is 16.1 Å². The van der Waals surface area contributed by atoms with Gasteiger partial charge in [-0.3, -0.25) is 19.5 Å². The van der Waals surface area contributed by atoms with Gasteiger partial charge in [0.25, 0.3) is 0 Å². The van der Waals surface area contributed by atoms with Crippen LogP contribution in [0.2, 0.25) is 0 Å². The Labute approximate surface area is 105 Å². The van der Waals surface area contributed by atoms with Gasteiger partial charge in [-0.2, -0.15) is 0 Å². The lowest BCUT2D eigenvalue weighted by atomic mass is 10.1. The van der Waals surface area contributed by atoms with Crippen LogP contribution in [0.3, 0.4) is 0 Å². The van der Waals surface area contributed by atoms with Crippen LogP contribution in [0.5, 0.6) is 0 Å². The molecule has 6 heteroatoms. The van der Waals surface area contributed by atoms with Crippen LogP contribution in [0, 0.1) is 5.92 Å². The van der Waals surface area contributed by atoms with Crippen LogP contribution < -0.4 is 0 Å². The zero-order valence-corrected chi connectivity index (χ0v) is 10.1.